The average Bonchev–Trinajstić information content (AvgIpc) is 2.23. The number of hydrogen-bond donors (Lipinski definition) is 0. The summed E-state index contributed by atoms with van der Waals surface area (Å²) >= 11 is 0. The van der Waals surface area contributed by atoms with Crippen molar-refractivity contribution in [3.63, 3.8) is 0 Å². The van der Waals surface area contributed by atoms with Crippen molar-refractivity contribution < 1.29 is 19.1 Å². The highest BCUT2D eigenvalue weighted by Crippen LogP contribution is 2.27. The maximum Gasteiger partial charge on any atom is 0.334 e. The first kappa shape index (κ1) is 15.4. The van der Waals surface area contributed by atoms with Crippen LogP contribution in [0.1, 0.15) is 27.7 Å². The predicted molar refractivity (Wildman–Crippen MR) is 65.3 cm³/mol. The molecule has 0 aromatic rings. The molecule has 0 aliphatic carbocycles. The Hall–Kier alpha value is -1.58. The molecule has 96 valence electrons. The van der Waals surface area contributed by atoms with Crippen molar-refractivity contribution in [2.45, 2.75) is 27.7 Å². The lowest BCUT2D eigenvalue weighted by Crippen LogP contribution is -2.19. The largest absolute Gasteiger partial charge is 0.466 e. The van der Waals surface area contributed by atoms with Gasteiger partial charge < -0.3 is 9.47 Å². The molecule has 0 aliphatic heterocycles. The number of ether oxygens (including phenoxy) is 2. The summed E-state index contributed by atoms with van der Waals surface area (Å²) in [7, 11) is 2.64. The first-order valence-corrected chi connectivity index (χ1v) is 5.29. The molecule has 0 rings (SSSR count). The Bertz CT molecular complexity index is 356. The lowest BCUT2D eigenvalue weighted by Gasteiger charge is -2.20. The molecule has 0 fully saturated rings. The molecule has 0 radical (unpaired) electrons. The third-order valence-corrected chi connectivity index (χ3v) is 2.13. The molecular formula is C13H20O4. The molecule has 0 aliphatic rings. The third kappa shape index (κ3) is 5.33. The van der Waals surface area contributed by atoms with Crippen LogP contribution >= 0.6 is 0 Å². The van der Waals surface area contributed by atoms with Crippen molar-refractivity contribution in [1.29, 1.82) is 0 Å². The fraction of sp³-hybridized carbons (Fsp3) is 0.538. The number of rotatable bonds is 3. The van der Waals surface area contributed by atoms with Crippen molar-refractivity contribution in [1.82, 2.24) is 0 Å². The number of methoxy groups -OCH3 is 2. The molecule has 0 amide bonds. The maximum atomic E-state index is 11.6. The summed E-state index contributed by atoms with van der Waals surface area (Å²) in [5.74, 6) is -0.841. The topological polar surface area (TPSA) is 52.6 Å². The SMILES string of the molecule is COC(=O)/C=C(C)\C=C(/C(=O)OC)C(C)(C)C. The molecule has 0 heterocycles. The molecule has 17 heavy (non-hydrogen) atoms. The second kappa shape index (κ2) is 6.23. The number of hydrogen-bond acceptors (Lipinski definition) is 4. The van der Waals surface area contributed by atoms with Crippen LogP contribution in [0, 0.1) is 5.41 Å². The monoisotopic (exact) mass is 240 g/mol. The normalized spacial score (nSPS) is 13.3. The Morgan fingerprint density at radius 2 is 1.53 bits per heavy atom. The minimum absolute atomic E-state index is 0.349. The van der Waals surface area contributed by atoms with Crippen LogP contribution in [0.25, 0.3) is 0 Å². The summed E-state index contributed by atoms with van der Waals surface area (Å²) in [6, 6.07) is 0. The van der Waals surface area contributed by atoms with E-state index >= 15 is 0 Å². The van der Waals surface area contributed by atoms with Crippen LogP contribution in [0.3, 0.4) is 0 Å². The molecule has 0 saturated carbocycles. The first-order chi connectivity index (χ1) is 7.72. The molecule has 4 heteroatoms. The van der Waals surface area contributed by atoms with Crippen molar-refractivity contribution in [3.05, 3.63) is 23.3 Å². The van der Waals surface area contributed by atoms with Crippen molar-refractivity contribution in [2.24, 2.45) is 5.41 Å². The average molecular weight is 240 g/mol. The van der Waals surface area contributed by atoms with E-state index in [1.807, 2.05) is 20.8 Å². The van der Waals surface area contributed by atoms with Gasteiger partial charge in [-0.05, 0) is 24.0 Å². The van der Waals surface area contributed by atoms with Gasteiger partial charge in [0.25, 0.3) is 0 Å². The van der Waals surface area contributed by atoms with Crippen LogP contribution in [0.5, 0.6) is 0 Å². The summed E-state index contributed by atoms with van der Waals surface area (Å²) < 4.78 is 9.23. The Labute approximate surface area is 102 Å². The van der Waals surface area contributed by atoms with E-state index in [0.717, 1.165) is 0 Å². The summed E-state index contributed by atoms with van der Waals surface area (Å²) in [6.45, 7) is 7.44. The van der Waals surface area contributed by atoms with E-state index in [-0.39, 0.29) is 5.41 Å². The number of carbonyl (C=O) groups excluding carboxylic acids is 2. The smallest absolute Gasteiger partial charge is 0.334 e. The highest BCUT2D eigenvalue weighted by molar-refractivity contribution is 5.91. The second-order valence-corrected chi connectivity index (χ2v) is 4.71. The second-order valence-electron chi connectivity index (χ2n) is 4.71. The fourth-order valence-electron chi connectivity index (χ4n) is 1.21. The van der Waals surface area contributed by atoms with Gasteiger partial charge in [-0.15, -0.1) is 0 Å². The zero-order valence-electron chi connectivity index (χ0n) is 11.3. The highest BCUT2D eigenvalue weighted by atomic mass is 16.5. The van der Waals surface area contributed by atoms with Gasteiger partial charge in [0.15, 0.2) is 0 Å². The molecule has 0 saturated heterocycles. The van der Waals surface area contributed by atoms with E-state index < -0.39 is 11.9 Å². The van der Waals surface area contributed by atoms with Gasteiger partial charge in [0.1, 0.15) is 0 Å². The minimum Gasteiger partial charge on any atom is -0.466 e. The Morgan fingerprint density at radius 3 is 1.88 bits per heavy atom. The molecule has 0 unspecified atom stereocenters. The van der Waals surface area contributed by atoms with E-state index in [1.165, 1.54) is 20.3 Å². The maximum absolute atomic E-state index is 11.6. The van der Waals surface area contributed by atoms with Crippen LogP contribution < -0.4 is 0 Å². The zero-order valence-corrected chi connectivity index (χ0v) is 11.3. The Morgan fingerprint density at radius 1 is 1.00 bits per heavy atom. The van der Waals surface area contributed by atoms with Crippen LogP contribution in [-0.4, -0.2) is 26.2 Å². The first-order valence-electron chi connectivity index (χ1n) is 5.29. The van der Waals surface area contributed by atoms with Gasteiger partial charge in [0.2, 0.25) is 0 Å². The van der Waals surface area contributed by atoms with Crippen molar-refractivity contribution in [2.75, 3.05) is 14.2 Å². The standard InChI is InChI=1S/C13H20O4/c1-9(8-11(14)16-5)7-10(12(15)17-6)13(2,3)4/h7-8H,1-6H3/b9-8-,10-7+. The number of allylic oxidation sites excluding steroid dienone is 2. The Kier molecular flexibility index (Phi) is 5.65. The van der Waals surface area contributed by atoms with E-state index in [9.17, 15) is 9.59 Å². The molecular weight excluding hydrogens is 220 g/mol. The van der Waals surface area contributed by atoms with Crippen molar-refractivity contribution in [3.8, 4) is 0 Å². The van der Waals surface area contributed by atoms with Gasteiger partial charge in [-0.25, -0.2) is 9.59 Å². The van der Waals surface area contributed by atoms with Crippen LogP contribution in [-0.2, 0) is 19.1 Å². The zero-order chi connectivity index (χ0) is 13.6. The van der Waals surface area contributed by atoms with E-state index in [1.54, 1.807) is 13.0 Å². The fourth-order valence-corrected chi connectivity index (χ4v) is 1.21. The molecule has 0 aromatic heterocycles. The molecule has 0 spiro atoms. The molecule has 0 N–H and O–H groups in total. The van der Waals surface area contributed by atoms with Crippen LogP contribution in [0.4, 0.5) is 0 Å². The summed E-state index contributed by atoms with van der Waals surface area (Å²) in [6.07, 6.45) is 2.97. The summed E-state index contributed by atoms with van der Waals surface area (Å²) in [5, 5.41) is 0. The van der Waals surface area contributed by atoms with Crippen molar-refractivity contribution >= 4 is 11.9 Å². The molecule has 4 nitrogen and oxygen atoms in total. The van der Waals surface area contributed by atoms with Gasteiger partial charge in [-0.1, -0.05) is 20.8 Å². The summed E-state index contributed by atoms with van der Waals surface area (Å²) in [5.41, 5.74) is 0.808. The predicted octanol–water partition coefficient (Wildman–Crippen LogP) is 2.25. The molecule has 0 atom stereocenters. The summed E-state index contributed by atoms with van der Waals surface area (Å²) in [4.78, 5) is 22.7. The third-order valence-electron chi connectivity index (χ3n) is 2.13. The van der Waals surface area contributed by atoms with Gasteiger partial charge in [-0.2, -0.15) is 0 Å². The molecule has 0 bridgehead atoms. The van der Waals surface area contributed by atoms with E-state index in [0.29, 0.717) is 11.1 Å². The van der Waals surface area contributed by atoms with Gasteiger partial charge >= 0.3 is 11.9 Å². The highest BCUT2D eigenvalue weighted by Gasteiger charge is 2.24. The van der Waals surface area contributed by atoms with Gasteiger partial charge in [-0.3, -0.25) is 0 Å². The lowest BCUT2D eigenvalue weighted by atomic mass is 9.85. The molecule has 0 aromatic carbocycles. The number of carbonyl (C=O) groups is 2. The van der Waals surface area contributed by atoms with E-state index in [2.05, 4.69) is 4.74 Å². The quantitative estimate of drug-likeness (QED) is 0.431. The lowest BCUT2D eigenvalue weighted by molar-refractivity contribution is -0.137. The van der Waals surface area contributed by atoms with Gasteiger partial charge in [0.05, 0.1) is 14.2 Å². The Balaban J connectivity index is 5.27. The minimum atomic E-state index is -0.447. The van der Waals surface area contributed by atoms with Gasteiger partial charge in [0, 0.05) is 11.6 Å². The van der Waals surface area contributed by atoms with Crippen LogP contribution in [0.2, 0.25) is 0 Å². The van der Waals surface area contributed by atoms with E-state index in [4.69, 9.17) is 4.74 Å². The van der Waals surface area contributed by atoms with Crippen LogP contribution in [0.15, 0.2) is 23.3 Å². The number of esters is 2.